The second kappa shape index (κ2) is 15.2. The van der Waals surface area contributed by atoms with Crippen LogP contribution in [-0.4, -0.2) is 17.1 Å². The Morgan fingerprint density at radius 3 is 0.651 bits per heavy atom. The minimum atomic E-state index is 0.816. The van der Waals surface area contributed by atoms with E-state index in [1.165, 1.54) is 0 Å². The summed E-state index contributed by atoms with van der Waals surface area (Å²) in [5.74, 6) is 5.42. The lowest BCUT2D eigenvalue weighted by Crippen LogP contribution is -2.06. The van der Waals surface area contributed by atoms with Crippen LogP contribution in [0.3, 0.4) is 0 Å². The molecule has 4 heteroatoms. The van der Waals surface area contributed by atoms with Crippen molar-refractivity contribution in [2.75, 3.05) is 0 Å². The molecule has 43 heavy (non-hydrogen) atoms. The Morgan fingerprint density at radius 2 is 0.465 bits per heavy atom. The molecule has 0 saturated carbocycles. The molecule has 6 aromatic carbocycles. The molecule has 2 N–H and O–H groups in total. The summed E-state index contributed by atoms with van der Waals surface area (Å²) in [5, 5.41) is 13.3. The number of hydrogen-bond donors (Lipinski definition) is 1. The van der Waals surface area contributed by atoms with Gasteiger partial charge in [0, 0.05) is 33.4 Å². The fourth-order valence-electron chi connectivity index (χ4n) is 4.56. The van der Waals surface area contributed by atoms with Gasteiger partial charge in [0.15, 0.2) is 0 Å². The highest BCUT2D eigenvalue weighted by Gasteiger charge is 2.09. The zero-order valence-electron chi connectivity index (χ0n) is 23.7. The average molecular weight is 557 g/mol. The minimum absolute atomic E-state index is 0.816. The standard InChI is InChI=1S/C26H20N2.C13H12N2/c1-5-13-21(14-6-1)25(22-15-7-2-8-16-22)27-28-26(23-17-9-3-10-18-23)24-19-11-4-12-20-24;14-15-13(11-7-3-1-4-8-11)12-9-5-2-6-10-12/h1-20H;1-10H,14H2. The largest absolute Gasteiger partial charge is 0.323 e. The van der Waals surface area contributed by atoms with Gasteiger partial charge in [0.1, 0.15) is 11.4 Å². The van der Waals surface area contributed by atoms with E-state index in [0.717, 1.165) is 50.5 Å². The Morgan fingerprint density at radius 1 is 0.279 bits per heavy atom. The quantitative estimate of drug-likeness (QED) is 0.120. The van der Waals surface area contributed by atoms with Crippen LogP contribution in [0.5, 0.6) is 0 Å². The van der Waals surface area contributed by atoms with Crippen molar-refractivity contribution >= 4 is 17.1 Å². The van der Waals surface area contributed by atoms with Gasteiger partial charge < -0.3 is 5.84 Å². The van der Waals surface area contributed by atoms with E-state index in [2.05, 4.69) is 53.6 Å². The maximum Gasteiger partial charge on any atom is 0.100 e. The lowest BCUT2D eigenvalue weighted by molar-refractivity contribution is 1.22. The average Bonchev–Trinajstić information content (AvgIpc) is 3.10. The summed E-state index contributed by atoms with van der Waals surface area (Å²) < 4.78 is 0. The molecule has 0 saturated heterocycles. The summed E-state index contributed by atoms with van der Waals surface area (Å²) in [7, 11) is 0. The normalized spacial score (nSPS) is 9.95. The summed E-state index contributed by atoms with van der Waals surface area (Å²) >= 11 is 0. The van der Waals surface area contributed by atoms with Gasteiger partial charge in [0.05, 0.1) is 5.71 Å². The number of benzene rings is 6. The molecule has 0 heterocycles. The highest BCUT2D eigenvalue weighted by atomic mass is 15.2. The van der Waals surface area contributed by atoms with E-state index >= 15 is 0 Å². The van der Waals surface area contributed by atoms with Crippen molar-refractivity contribution in [1.82, 2.24) is 0 Å². The molecule has 0 spiro atoms. The Hall–Kier alpha value is -5.87. The van der Waals surface area contributed by atoms with E-state index in [4.69, 9.17) is 16.0 Å². The number of hydrazone groups is 1. The van der Waals surface area contributed by atoms with Gasteiger partial charge in [-0.25, -0.2) is 0 Å². The third-order valence-corrected chi connectivity index (χ3v) is 6.66. The summed E-state index contributed by atoms with van der Waals surface area (Å²) in [6.45, 7) is 0. The molecule has 0 amide bonds. The second-order valence-corrected chi connectivity index (χ2v) is 9.57. The maximum atomic E-state index is 5.42. The van der Waals surface area contributed by atoms with Gasteiger partial charge in [0.2, 0.25) is 0 Å². The molecule has 0 fully saturated rings. The molecule has 0 atom stereocenters. The first-order valence-electron chi connectivity index (χ1n) is 14.1. The van der Waals surface area contributed by atoms with Gasteiger partial charge in [-0.2, -0.15) is 5.10 Å². The molecule has 6 aromatic rings. The molecule has 0 aromatic heterocycles. The number of nitrogens with two attached hydrogens (primary N) is 1. The molecular weight excluding hydrogens is 524 g/mol. The first-order valence-corrected chi connectivity index (χ1v) is 14.1. The van der Waals surface area contributed by atoms with Crippen molar-refractivity contribution in [2.24, 2.45) is 21.1 Å². The molecule has 6 rings (SSSR count). The summed E-state index contributed by atoms with van der Waals surface area (Å²) in [6, 6.07) is 60.5. The van der Waals surface area contributed by atoms with Gasteiger partial charge in [-0.05, 0) is 0 Å². The Labute approximate surface area is 253 Å². The number of nitrogens with zero attached hydrogens (tertiary/aromatic N) is 3. The molecule has 0 bridgehead atoms. The first-order chi connectivity index (χ1) is 21.3. The monoisotopic (exact) mass is 556 g/mol. The lowest BCUT2D eigenvalue weighted by Gasteiger charge is -2.08. The van der Waals surface area contributed by atoms with Crippen molar-refractivity contribution in [2.45, 2.75) is 0 Å². The summed E-state index contributed by atoms with van der Waals surface area (Å²) in [5.41, 5.74) is 8.75. The van der Waals surface area contributed by atoms with Crippen molar-refractivity contribution in [1.29, 1.82) is 0 Å². The van der Waals surface area contributed by atoms with Crippen molar-refractivity contribution in [3.63, 3.8) is 0 Å². The lowest BCUT2D eigenvalue weighted by atomic mass is 10.0. The van der Waals surface area contributed by atoms with E-state index in [-0.39, 0.29) is 0 Å². The fourth-order valence-corrected chi connectivity index (χ4v) is 4.56. The number of rotatable bonds is 7. The van der Waals surface area contributed by atoms with Gasteiger partial charge in [-0.3, -0.25) is 0 Å². The molecular formula is C39H32N4. The van der Waals surface area contributed by atoms with Crippen LogP contribution in [0.1, 0.15) is 33.4 Å². The summed E-state index contributed by atoms with van der Waals surface area (Å²) in [4.78, 5) is 0. The van der Waals surface area contributed by atoms with Crippen LogP contribution in [0.25, 0.3) is 0 Å². The van der Waals surface area contributed by atoms with Gasteiger partial charge in [-0.15, -0.1) is 10.2 Å². The molecule has 0 unspecified atom stereocenters. The van der Waals surface area contributed by atoms with E-state index in [0.29, 0.717) is 0 Å². The maximum absolute atomic E-state index is 5.42. The second-order valence-electron chi connectivity index (χ2n) is 9.57. The van der Waals surface area contributed by atoms with Crippen molar-refractivity contribution in [3.05, 3.63) is 215 Å². The molecule has 4 nitrogen and oxygen atoms in total. The van der Waals surface area contributed by atoms with Crippen molar-refractivity contribution < 1.29 is 0 Å². The zero-order valence-corrected chi connectivity index (χ0v) is 23.7. The molecule has 0 aliphatic heterocycles. The van der Waals surface area contributed by atoms with E-state index in [9.17, 15) is 0 Å². The Bertz CT molecular complexity index is 1550. The predicted molar refractivity (Wildman–Crippen MR) is 180 cm³/mol. The number of hydrogen-bond acceptors (Lipinski definition) is 4. The van der Waals surface area contributed by atoms with Crippen LogP contribution in [-0.2, 0) is 0 Å². The van der Waals surface area contributed by atoms with Crippen LogP contribution in [0, 0.1) is 0 Å². The predicted octanol–water partition coefficient (Wildman–Crippen LogP) is 8.37. The van der Waals surface area contributed by atoms with Crippen LogP contribution in [0.2, 0.25) is 0 Å². The molecule has 208 valence electrons. The SMILES string of the molecule is NN=C(c1ccccc1)c1ccccc1.c1ccc(C(=NN=C(c2ccccc2)c2ccccc2)c2ccccc2)cc1. The Kier molecular flexibility index (Phi) is 10.1. The van der Waals surface area contributed by atoms with Crippen LogP contribution < -0.4 is 5.84 Å². The molecule has 0 aliphatic rings. The zero-order chi connectivity index (χ0) is 29.5. The van der Waals surface area contributed by atoms with Gasteiger partial charge in [-0.1, -0.05) is 182 Å². The topological polar surface area (TPSA) is 63.1 Å². The third kappa shape index (κ3) is 7.87. The van der Waals surface area contributed by atoms with E-state index in [1.54, 1.807) is 0 Å². The minimum Gasteiger partial charge on any atom is -0.323 e. The van der Waals surface area contributed by atoms with E-state index in [1.807, 2.05) is 133 Å². The Balaban J connectivity index is 0.000000207. The van der Waals surface area contributed by atoms with Crippen LogP contribution >= 0.6 is 0 Å². The molecule has 0 aliphatic carbocycles. The first kappa shape index (κ1) is 28.7. The highest BCUT2D eigenvalue weighted by molar-refractivity contribution is 6.15. The van der Waals surface area contributed by atoms with E-state index < -0.39 is 0 Å². The van der Waals surface area contributed by atoms with Gasteiger partial charge >= 0.3 is 0 Å². The van der Waals surface area contributed by atoms with Crippen molar-refractivity contribution in [3.8, 4) is 0 Å². The van der Waals surface area contributed by atoms with Crippen LogP contribution in [0.4, 0.5) is 0 Å². The fraction of sp³-hybridized carbons (Fsp3) is 0. The smallest absolute Gasteiger partial charge is 0.100 e. The molecule has 0 radical (unpaired) electrons. The summed E-state index contributed by atoms with van der Waals surface area (Å²) in [6.07, 6.45) is 0. The third-order valence-electron chi connectivity index (χ3n) is 6.66. The highest BCUT2D eigenvalue weighted by Crippen LogP contribution is 2.15. The van der Waals surface area contributed by atoms with Crippen LogP contribution in [0.15, 0.2) is 197 Å². The van der Waals surface area contributed by atoms with Gasteiger partial charge in [0.25, 0.3) is 0 Å².